The van der Waals surface area contributed by atoms with Gasteiger partial charge >= 0.3 is 0 Å². The summed E-state index contributed by atoms with van der Waals surface area (Å²) in [6.45, 7) is 0. The lowest BCUT2D eigenvalue weighted by atomic mass is 9.96. The second kappa shape index (κ2) is 13.4. The molecule has 2 aromatic heterocycles. The first-order chi connectivity index (χ1) is 26.8. The second-order valence-electron chi connectivity index (χ2n) is 13.4. The number of aromatic nitrogens is 2. The Morgan fingerprint density at radius 2 is 0.870 bits per heavy atom. The molecule has 0 unspecified atom stereocenters. The van der Waals surface area contributed by atoms with Gasteiger partial charge in [0.25, 0.3) is 0 Å². The van der Waals surface area contributed by atoms with Crippen molar-refractivity contribution in [1.29, 1.82) is 0 Å². The monoisotopic (exact) mass is 691 g/mol. The Morgan fingerprint density at radius 1 is 0.352 bits per heavy atom. The Morgan fingerprint density at radius 3 is 1.57 bits per heavy atom. The van der Waals surface area contributed by atoms with E-state index in [1.807, 2.05) is 54.6 Å². The molecule has 254 valence electrons. The summed E-state index contributed by atoms with van der Waals surface area (Å²) in [4.78, 5) is 12.8. The lowest BCUT2D eigenvalue weighted by molar-refractivity contribution is 0.669. The topological polar surface area (TPSA) is 42.2 Å². The van der Waals surface area contributed by atoms with Crippen LogP contribution in [0.25, 0.3) is 77.7 Å². The number of anilines is 3. The average Bonchev–Trinajstić information content (AvgIpc) is 3.63. The molecular formula is C50H33N3O. The highest BCUT2D eigenvalue weighted by Gasteiger charge is 2.20. The minimum atomic E-state index is 0.815. The Hall–Kier alpha value is -7.30. The van der Waals surface area contributed by atoms with Gasteiger partial charge in [-0.25, -0.2) is 9.97 Å². The highest BCUT2D eigenvalue weighted by molar-refractivity contribution is 6.14. The molecule has 0 N–H and O–H groups in total. The van der Waals surface area contributed by atoms with Crippen molar-refractivity contribution in [3.63, 3.8) is 0 Å². The van der Waals surface area contributed by atoms with Crippen molar-refractivity contribution in [2.45, 2.75) is 0 Å². The zero-order valence-electron chi connectivity index (χ0n) is 29.3. The average molecular weight is 692 g/mol. The third-order valence-electron chi connectivity index (χ3n) is 10.1. The summed E-state index contributed by atoms with van der Waals surface area (Å²) < 4.78 is 6.61. The number of benzene rings is 8. The highest BCUT2D eigenvalue weighted by atomic mass is 16.3. The van der Waals surface area contributed by atoms with Crippen molar-refractivity contribution >= 4 is 50.0 Å². The fourth-order valence-corrected chi connectivity index (χ4v) is 7.47. The zero-order valence-corrected chi connectivity index (χ0v) is 29.3. The number of fused-ring (bicyclic) bond motifs is 4. The van der Waals surface area contributed by atoms with Gasteiger partial charge in [-0.3, -0.25) is 0 Å². The van der Waals surface area contributed by atoms with E-state index in [4.69, 9.17) is 14.4 Å². The van der Waals surface area contributed by atoms with Crippen molar-refractivity contribution in [2.24, 2.45) is 0 Å². The van der Waals surface area contributed by atoms with Gasteiger partial charge < -0.3 is 9.32 Å². The van der Waals surface area contributed by atoms with Crippen molar-refractivity contribution in [2.75, 3.05) is 4.90 Å². The molecule has 0 atom stereocenters. The zero-order chi connectivity index (χ0) is 35.8. The van der Waals surface area contributed by atoms with Crippen LogP contribution in [0.15, 0.2) is 205 Å². The first-order valence-corrected chi connectivity index (χ1v) is 18.2. The smallest absolute Gasteiger partial charge is 0.136 e. The van der Waals surface area contributed by atoms with E-state index in [9.17, 15) is 0 Å². The van der Waals surface area contributed by atoms with Crippen molar-refractivity contribution in [1.82, 2.24) is 9.97 Å². The fourth-order valence-electron chi connectivity index (χ4n) is 7.47. The molecule has 10 rings (SSSR count). The molecule has 0 fully saturated rings. The maximum absolute atomic E-state index is 6.61. The normalized spacial score (nSPS) is 11.3. The summed E-state index contributed by atoms with van der Waals surface area (Å²) >= 11 is 0. The van der Waals surface area contributed by atoms with Gasteiger partial charge in [-0.05, 0) is 95.1 Å². The predicted octanol–water partition coefficient (Wildman–Crippen LogP) is 13.7. The van der Waals surface area contributed by atoms with E-state index in [0.29, 0.717) is 0 Å². The summed E-state index contributed by atoms with van der Waals surface area (Å²) in [5.41, 5.74) is 14.8. The molecule has 0 saturated heterocycles. The molecule has 54 heavy (non-hydrogen) atoms. The molecule has 10 aromatic rings. The second-order valence-corrected chi connectivity index (χ2v) is 13.4. The van der Waals surface area contributed by atoms with E-state index in [-0.39, 0.29) is 0 Å². The van der Waals surface area contributed by atoms with Crippen LogP contribution in [-0.4, -0.2) is 9.97 Å². The SMILES string of the molecule is c1ccc(-c2cccc(-c3nc4ccccc4nc3-c3cccc4oc5cc(-c6ccc(N(c7ccccc7)c7ccccc7)cc6)ccc5c34)c2)cc1. The number of rotatable bonds is 7. The van der Waals surface area contributed by atoms with E-state index in [2.05, 4.69) is 150 Å². The Balaban J connectivity index is 1.07. The van der Waals surface area contributed by atoms with Crippen LogP contribution in [0, 0.1) is 0 Å². The standard InChI is InChI=1S/C50H33N3O/c1-4-14-34(15-5-1)36-16-12-17-38(32-36)49-50(52-45-24-11-10-23-44(45)51-49)43-22-13-25-46-48(43)42-31-28-37(33-47(42)54-46)35-26-29-41(30-27-35)53(39-18-6-2-7-19-39)40-20-8-3-9-21-40/h1-33H. The summed E-state index contributed by atoms with van der Waals surface area (Å²) in [6, 6.07) is 69.5. The minimum absolute atomic E-state index is 0.815. The van der Waals surface area contributed by atoms with E-state index < -0.39 is 0 Å². The molecule has 0 amide bonds. The van der Waals surface area contributed by atoms with Gasteiger partial charge in [0.15, 0.2) is 0 Å². The third kappa shape index (κ3) is 5.67. The molecule has 0 aliphatic carbocycles. The maximum Gasteiger partial charge on any atom is 0.136 e. The minimum Gasteiger partial charge on any atom is -0.456 e. The molecule has 0 radical (unpaired) electrons. The molecule has 0 spiro atoms. The first-order valence-electron chi connectivity index (χ1n) is 18.2. The fraction of sp³-hybridized carbons (Fsp3) is 0. The van der Waals surface area contributed by atoms with E-state index in [1.165, 1.54) is 0 Å². The molecule has 8 aromatic carbocycles. The van der Waals surface area contributed by atoms with Crippen molar-refractivity contribution < 1.29 is 4.42 Å². The first kappa shape index (κ1) is 31.4. The van der Waals surface area contributed by atoms with Crippen molar-refractivity contribution in [3.8, 4) is 44.8 Å². The van der Waals surface area contributed by atoms with Gasteiger partial charge in [0.05, 0.1) is 22.4 Å². The van der Waals surface area contributed by atoms with Gasteiger partial charge in [-0.15, -0.1) is 0 Å². The van der Waals surface area contributed by atoms with Crippen LogP contribution in [0.3, 0.4) is 0 Å². The lowest BCUT2D eigenvalue weighted by Crippen LogP contribution is -2.09. The van der Waals surface area contributed by atoms with E-state index >= 15 is 0 Å². The molecule has 4 heteroatoms. The van der Waals surface area contributed by atoms with Gasteiger partial charge in [-0.1, -0.05) is 127 Å². The van der Waals surface area contributed by atoms with Gasteiger partial charge in [0.1, 0.15) is 11.2 Å². The number of para-hydroxylation sites is 4. The van der Waals surface area contributed by atoms with Crippen molar-refractivity contribution in [3.05, 3.63) is 200 Å². The summed E-state index contributed by atoms with van der Waals surface area (Å²) in [6.07, 6.45) is 0. The summed E-state index contributed by atoms with van der Waals surface area (Å²) in [7, 11) is 0. The Kier molecular flexibility index (Phi) is 7.77. The Labute approximate surface area is 313 Å². The van der Waals surface area contributed by atoms with Crippen LogP contribution in [-0.2, 0) is 0 Å². The van der Waals surface area contributed by atoms with Gasteiger partial charge in [-0.2, -0.15) is 0 Å². The van der Waals surface area contributed by atoms with E-state index in [0.717, 1.165) is 94.8 Å². The van der Waals surface area contributed by atoms with Crippen LogP contribution < -0.4 is 4.90 Å². The molecular weight excluding hydrogens is 659 g/mol. The van der Waals surface area contributed by atoms with Crippen LogP contribution in [0.4, 0.5) is 17.1 Å². The van der Waals surface area contributed by atoms with Crippen LogP contribution in [0.5, 0.6) is 0 Å². The van der Waals surface area contributed by atoms with Crippen LogP contribution in [0.1, 0.15) is 0 Å². The van der Waals surface area contributed by atoms with Crippen LogP contribution >= 0.6 is 0 Å². The number of hydrogen-bond acceptors (Lipinski definition) is 4. The Bertz CT molecular complexity index is 2880. The van der Waals surface area contributed by atoms with Crippen LogP contribution in [0.2, 0.25) is 0 Å². The maximum atomic E-state index is 6.61. The molecule has 0 saturated carbocycles. The number of hydrogen-bond donors (Lipinski definition) is 0. The molecule has 2 heterocycles. The quantitative estimate of drug-likeness (QED) is 0.167. The summed E-state index contributed by atoms with van der Waals surface area (Å²) in [5.74, 6) is 0. The molecule has 0 aliphatic rings. The predicted molar refractivity (Wildman–Crippen MR) is 223 cm³/mol. The summed E-state index contributed by atoms with van der Waals surface area (Å²) in [5, 5.41) is 2.07. The van der Waals surface area contributed by atoms with Gasteiger partial charge in [0, 0.05) is 39.0 Å². The molecule has 0 aliphatic heterocycles. The molecule has 4 nitrogen and oxygen atoms in total. The third-order valence-corrected chi connectivity index (χ3v) is 10.1. The molecule has 0 bridgehead atoms. The number of furan rings is 1. The largest absolute Gasteiger partial charge is 0.456 e. The van der Waals surface area contributed by atoms with Gasteiger partial charge in [0.2, 0.25) is 0 Å². The lowest BCUT2D eigenvalue weighted by Gasteiger charge is -2.25. The van der Waals surface area contributed by atoms with E-state index in [1.54, 1.807) is 0 Å². The number of nitrogens with zero attached hydrogens (tertiary/aromatic N) is 3. The highest BCUT2D eigenvalue weighted by Crippen LogP contribution is 2.42.